The van der Waals surface area contributed by atoms with Crippen LogP contribution < -0.4 is 5.32 Å². The van der Waals surface area contributed by atoms with Gasteiger partial charge < -0.3 is 15.2 Å². The van der Waals surface area contributed by atoms with Gasteiger partial charge >= 0.3 is 11.9 Å². The normalized spacial score (nSPS) is 9.81. The molecule has 16 heavy (non-hydrogen) atoms. The molecule has 86 valence electrons. The summed E-state index contributed by atoms with van der Waals surface area (Å²) in [6.07, 6.45) is 0. The Bertz CT molecular complexity index is 372. The number of nitrogens with one attached hydrogen (secondary N) is 1. The maximum absolute atomic E-state index is 11.1. The first-order valence-corrected chi connectivity index (χ1v) is 4.73. The second kappa shape index (κ2) is 5.87. The predicted octanol–water partition coefficient (Wildman–Crippen LogP) is 0.647. The molecule has 0 radical (unpaired) electrons. The van der Waals surface area contributed by atoms with Crippen LogP contribution in [-0.4, -0.2) is 30.7 Å². The van der Waals surface area contributed by atoms with Crippen LogP contribution in [0.15, 0.2) is 24.3 Å². The number of esters is 1. The third kappa shape index (κ3) is 3.70. The number of carboxylic acid groups (broad SMARTS) is 1. The van der Waals surface area contributed by atoms with E-state index in [0.717, 1.165) is 5.56 Å². The van der Waals surface area contributed by atoms with Crippen LogP contribution in [0.25, 0.3) is 0 Å². The summed E-state index contributed by atoms with van der Waals surface area (Å²) in [6, 6.07) is 6.79. The van der Waals surface area contributed by atoms with E-state index >= 15 is 0 Å². The van der Waals surface area contributed by atoms with Crippen molar-refractivity contribution in [2.24, 2.45) is 0 Å². The van der Waals surface area contributed by atoms with Crippen LogP contribution in [0, 0.1) is 0 Å². The van der Waals surface area contributed by atoms with Crippen LogP contribution in [0.1, 0.15) is 15.9 Å². The quantitative estimate of drug-likeness (QED) is 0.717. The molecule has 5 heteroatoms. The fourth-order valence-corrected chi connectivity index (χ4v) is 1.19. The Morgan fingerprint density at radius 1 is 1.31 bits per heavy atom. The zero-order valence-electron chi connectivity index (χ0n) is 8.90. The van der Waals surface area contributed by atoms with E-state index in [1.165, 1.54) is 7.11 Å². The summed E-state index contributed by atoms with van der Waals surface area (Å²) in [5, 5.41) is 11.2. The van der Waals surface area contributed by atoms with Crippen molar-refractivity contribution in [3.63, 3.8) is 0 Å². The van der Waals surface area contributed by atoms with Gasteiger partial charge in [-0.25, -0.2) is 4.79 Å². The average molecular weight is 223 g/mol. The third-order valence-electron chi connectivity index (χ3n) is 1.98. The number of rotatable bonds is 5. The van der Waals surface area contributed by atoms with E-state index in [1.54, 1.807) is 24.3 Å². The first kappa shape index (κ1) is 12.2. The number of methoxy groups -OCH3 is 1. The number of ether oxygens (including phenoxy) is 1. The molecule has 0 atom stereocenters. The molecule has 0 aromatic heterocycles. The first-order valence-electron chi connectivity index (χ1n) is 4.73. The molecule has 0 aliphatic heterocycles. The minimum absolute atomic E-state index is 0.0846. The maximum Gasteiger partial charge on any atom is 0.337 e. The molecular formula is C11H13NO4. The second-order valence-corrected chi connectivity index (χ2v) is 3.19. The van der Waals surface area contributed by atoms with Gasteiger partial charge in [0.1, 0.15) is 0 Å². The smallest absolute Gasteiger partial charge is 0.337 e. The molecular weight excluding hydrogens is 210 g/mol. The summed E-state index contributed by atoms with van der Waals surface area (Å²) in [5.41, 5.74) is 1.39. The number of carbonyl (C=O) groups excluding carboxylic acids is 1. The molecule has 0 amide bonds. The Labute approximate surface area is 93.0 Å². The summed E-state index contributed by atoms with van der Waals surface area (Å²) in [5.74, 6) is -1.28. The molecule has 0 heterocycles. The molecule has 1 aromatic rings. The number of carbonyl (C=O) groups is 2. The summed E-state index contributed by atoms with van der Waals surface area (Å²) in [6.45, 7) is 0.368. The molecule has 5 nitrogen and oxygen atoms in total. The van der Waals surface area contributed by atoms with Crippen molar-refractivity contribution in [3.05, 3.63) is 35.4 Å². The summed E-state index contributed by atoms with van der Waals surface area (Å²) in [4.78, 5) is 21.4. The van der Waals surface area contributed by atoms with E-state index < -0.39 is 5.97 Å². The Kier molecular flexibility index (Phi) is 4.47. The van der Waals surface area contributed by atoms with Crippen LogP contribution >= 0.6 is 0 Å². The van der Waals surface area contributed by atoms with Gasteiger partial charge in [0.05, 0.1) is 19.2 Å². The second-order valence-electron chi connectivity index (χ2n) is 3.19. The molecule has 0 saturated heterocycles. The topological polar surface area (TPSA) is 75.6 Å². The first-order chi connectivity index (χ1) is 7.63. The fourth-order valence-electron chi connectivity index (χ4n) is 1.19. The van der Waals surface area contributed by atoms with E-state index in [1.807, 2.05) is 0 Å². The SMILES string of the molecule is COC(=O)c1ccc(CNCC(=O)O)cc1. The van der Waals surface area contributed by atoms with E-state index in [9.17, 15) is 9.59 Å². The average Bonchev–Trinajstić information content (AvgIpc) is 2.28. The number of benzene rings is 1. The highest BCUT2D eigenvalue weighted by Crippen LogP contribution is 2.05. The maximum atomic E-state index is 11.1. The lowest BCUT2D eigenvalue weighted by Crippen LogP contribution is -2.21. The monoisotopic (exact) mass is 223 g/mol. The van der Waals surface area contributed by atoms with Crippen molar-refractivity contribution in [3.8, 4) is 0 Å². The minimum Gasteiger partial charge on any atom is -0.480 e. The number of hydrogen-bond acceptors (Lipinski definition) is 4. The molecule has 2 N–H and O–H groups in total. The van der Waals surface area contributed by atoms with Crippen molar-refractivity contribution in [1.29, 1.82) is 0 Å². The molecule has 0 bridgehead atoms. The van der Waals surface area contributed by atoms with Crippen LogP contribution in [-0.2, 0) is 16.1 Å². The van der Waals surface area contributed by atoms with Crippen molar-refractivity contribution < 1.29 is 19.4 Å². The van der Waals surface area contributed by atoms with Gasteiger partial charge in [0.2, 0.25) is 0 Å². The van der Waals surface area contributed by atoms with Crippen molar-refractivity contribution in [2.45, 2.75) is 6.54 Å². The van der Waals surface area contributed by atoms with Gasteiger partial charge in [-0.2, -0.15) is 0 Å². The van der Waals surface area contributed by atoms with Gasteiger partial charge in [0, 0.05) is 6.54 Å². The molecule has 0 fully saturated rings. The number of aliphatic carboxylic acids is 1. The summed E-state index contributed by atoms with van der Waals surface area (Å²) < 4.78 is 4.56. The summed E-state index contributed by atoms with van der Waals surface area (Å²) in [7, 11) is 1.32. The van der Waals surface area contributed by atoms with Crippen LogP contribution in [0.5, 0.6) is 0 Å². The van der Waals surface area contributed by atoms with Crippen molar-refractivity contribution in [1.82, 2.24) is 5.32 Å². The summed E-state index contributed by atoms with van der Waals surface area (Å²) >= 11 is 0. The van der Waals surface area contributed by atoms with Gasteiger partial charge in [-0.05, 0) is 17.7 Å². The predicted molar refractivity (Wildman–Crippen MR) is 57.1 cm³/mol. The van der Waals surface area contributed by atoms with Gasteiger partial charge in [-0.15, -0.1) is 0 Å². The molecule has 1 rings (SSSR count). The van der Waals surface area contributed by atoms with Crippen molar-refractivity contribution >= 4 is 11.9 Å². The lowest BCUT2D eigenvalue weighted by molar-refractivity contribution is -0.136. The highest BCUT2D eigenvalue weighted by molar-refractivity contribution is 5.89. The Balaban J connectivity index is 2.51. The van der Waals surface area contributed by atoms with Gasteiger partial charge in [-0.1, -0.05) is 12.1 Å². The standard InChI is InChI=1S/C11H13NO4/c1-16-11(15)9-4-2-8(3-5-9)6-12-7-10(13)14/h2-5,12H,6-7H2,1H3,(H,13,14). The van der Waals surface area contributed by atoms with Crippen molar-refractivity contribution in [2.75, 3.05) is 13.7 Å². The zero-order chi connectivity index (χ0) is 12.0. The van der Waals surface area contributed by atoms with E-state index in [-0.39, 0.29) is 12.5 Å². The molecule has 0 spiro atoms. The van der Waals surface area contributed by atoms with Crippen LogP contribution in [0.2, 0.25) is 0 Å². The number of hydrogen-bond donors (Lipinski definition) is 2. The Morgan fingerprint density at radius 3 is 2.44 bits per heavy atom. The molecule has 0 aliphatic rings. The van der Waals surface area contributed by atoms with Crippen LogP contribution in [0.4, 0.5) is 0 Å². The highest BCUT2D eigenvalue weighted by Gasteiger charge is 2.04. The van der Waals surface area contributed by atoms with Gasteiger partial charge in [0.25, 0.3) is 0 Å². The molecule has 1 aromatic carbocycles. The van der Waals surface area contributed by atoms with E-state index in [2.05, 4.69) is 10.1 Å². The molecule has 0 unspecified atom stereocenters. The zero-order valence-corrected chi connectivity index (χ0v) is 8.90. The van der Waals surface area contributed by atoms with Gasteiger partial charge in [-0.3, -0.25) is 4.79 Å². The molecule has 0 aliphatic carbocycles. The number of carboxylic acids is 1. The largest absolute Gasteiger partial charge is 0.480 e. The highest BCUT2D eigenvalue weighted by atomic mass is 16.5. The molecule has 0 saturated carbocycles. The van der Waals surface area contributed by atoms with E-state index in [4.69, 9.17) is 5.11 Å². The third-order valence-corrected chi connectivity index (χ3v) is 1.98. The lowest BCUT2D eigenvalue weighted by Gasteiger charge is -2.03. The Morgan fingerprint density at radius 2 is 1.94 bits per heavy atom. The lowest BCUT2D eigenvalue weighted by atomic mass is 10.1. The van der Waals surface area contributed by atoms with E-state index in [0.29, 0.717) is 12.1 Å². The van der Waals surface area contributed by atoms with Gasteiger partial charge in [0.15, 0.2) is 0 Å². The minimum atomic E-state index is -0.897. The van der Waals surface area contributed by atoms with Crippen LogP contribution in [0.3, 0.4) is 0 Å². The Hall–Kier alpha value is -1.88. The fraction of sp³-hybridized carbons (Fsp3) is 0.273.